The van der Waals surface area contributed by atoms with Gasteiger partial charge in [0, 0.05) is 24.2 Å². The zero-order chi connectivity index (χ0) is 30.1. The van der Waals surface area contributed by atoms with Gasteiger partial charge >= 0.3 is 0 Å². The summed E-state index contributed by atoms with van der Waals surface area (Å²) in [7, 11) is 1.43. The van der Waals surface area contributed by atoms with Gasteiger partial charge in [0.05, 0.1) is 13.7 Å². The van der Waals surface area contributed by atoms with Crippen LogP contribution in [0.25, 0.3) is 0 Å². The average molecular weight is 594 g/mol. The van der Waals surface area contributed by atoms with Gasteiger partial charge in [0.25, 0.3) is 0 Å². The fourth-order valence-electron chi connectivity index (χ4n) is 5.83. The van der Waals surface area contributed by atoms with Crippen molar-refractivity contribution in [1.29, 1.82) is 0 Å². The van der Waals surface area contributed by atoms with Crippen LogP contribution in [0.1, 0.15) is 53.0 Å². The van der Waals surface area contributed by atoms with Gasteiger partial charge in [-0.15, -0.1) is 0 Å². The summed E-state index contributed by atoms with van der Waals surface area (Å²) in [5, 5.41) is 41.6. The number of aliphatic hydroxyl groups is 2. The Morgan fingerprint density at radius 3 is 2.37 bits per heavy atom. The van der Waals surface area contributed by atoms with Gasteiger partial charge in [-0.25, -0.2) is 0 Å². The van der Waals surface area contributed by atoms with Crippen LogP contribution in [0.5, 0.6) is 40.2 Å². The number of aromatic hydroxyl groups is 2. The molecule has 6 rings (SSSR count). The number of carbonyl (C=O) groups excluding carboxylic acids is 1. The Kier molecular flexibility index (Phi) is 8.20. The Balaban J connectivity index is 1.23. The molecule has 0 amide bonds. The standard InChI is InChI=1S/C32H35NO10/c1-39-24-13-18(5-7-21(24)35)31-27(17-34)41-23-8-6-19(14-25(23)42-31)32-30(38)29(37)28-22(36)15-20(16-26(28)43-32)40-12-11-33-9-3-2-4-10-33/h5-8,13-16,27,30-32,34-36,38H,2-4,9-12,17H2,1H3. The number of ether oxygens (including phenoxy) is 5. The van der Waals surface area contributed by atoms with Crippen molar-refractivity contribution in [2.75, 3.05) is 40.0 Å². The molecule has 0 radical (unpaired) electrons. The van der Waals surface area contributed by atoms with Crippen molar-refractivity contribution >= 4 is 5.78 Å². The predicted molar refractivity (Wildman–Crippen MR) is 154 cm³/mol. The molecule has 43 heavy (non-hydrogen) atoms. The second-order valence-corrected chi connectivity index (χ2v) is 10.9. The number of hydrogen-bond acceptors (Lipinski definition) is 11. The highest BCUT2D eigenvalue weighted by Crippen LogP contribution is 2.46. The SMILES string of the molecule is COc1cc(C2Oc3cc(C4Oc5cc(OCCN6CCCCC6)cc(O)c5C(=O)C4O)ccc3OC2CO)ccc1O. The topological polar surface area (TPSA) is 147 Å². The first-order chi connectivity index (χ1) is 20.9. The number of rotatable bonds is 8. The quantitative estimate of drug-likeness (QED) is 0.304. The van der Waals surface area contributed by atoms with E-state index >= 15 is 0 Å². The van der Waals surface area contributed by atoms with Crippen molar-refractivity contribution in [2.45, 2.75) is 43.7 Å². The van der Waals surface area contributed by atoms with Crippen molar-refractivity contribution in [3.63, 3.8) is 0 Å². The number of phenolic OH excluding ortho intramolecular Hbond substituents is 2. The van der Waals surface area contributed by atoms with E-state index in [1.807, 2.05) is 0 Å². The Morgan fingerprint density at radius 1 is 0.860 bits per heavy atom. The van der Waals surface area contributed by atoms with E-state index in [0.29, 0.717) is 35.0 Å². The van der Waals surface area contributed by atoms with E-state index in [4.69, 9.17) is 23.7 Å². The second-order valence-electron chi connectivity index (χ2n) is 10.9. The first-order valence-corrected chi connectivity index (χ1v) is 14.4. The Bertz CT molecular complexity index is 1490. The second kappa shape index (κ2) is 12.2. The van der Waals surface area contributed by atoms with Gasteiger partial charge in [-0.2, -0.15) is 0 Å². The molecule has 4 atom stereocenters. The van der Waals surface area contributed by atoms with Crippen molar-refractivity contribution in [2.24, 2.45) is 0 Å². The van der Waals surface area contributed by atoms with E-state index in [9.17, 15) is 25.2 Å². The van der Waals surface area contributed by atoms with E-state index in [-0.39, 0.29) is 35.2 Å². The lowest BCUT2D eigenvalue weighted by atomic mass is 9.92. The Labute approximate surface area is 248 Å². The summed E-state index contributed by atoms with van der Waals surface area (Å²) in [5.41, 5.74) is 0.942. The number of methoxy groups -OCH3 is 1. The molecule has 0 spiro atoms. The molecule has 0 bridgehead atoms. The highest BCUT2D eigenvalue weighted by Gasteiger charge is 2.40. The van der Waals surface area contributed by atoms with E-state index in [1.165, 1.54) is 38.5 Å². The van der Waals surface area contributed by atoms with Crippen molar-refractivity contribution in [1.82, 2.24) is 4.90 Å². The van der Waals surface area contributed by atoms with Gasteiger partial charge in [-0.3, -0.25) is 9.69 Å². The monoisotopic (exact) mass is 593 g/mol. The zero-order valence-corrected chi connectivity index (χ0v) is 23.8. The average Bonchev–Trinajstić information content (AvgIpc) is 3.02. The summed E-state index contributed by atoms with van der Waals surface area (Å²) >= 11 is 0. The smallest absolute Gasteiger partial charge is 0.202 e. The number of benzene rings is 3. The highest BCUT2D eigenvalue weighted by atomic mass is 16.6. The molecule has 4 unspecified atom stereocenters. The van der Waals surface area contributed by atoms with Crippen LogP contribution in [-0.2, 0) is 0 Å². The molecule has 3 aromatic rings. The Morgan fingerprint density at radius 2 is 1.60 bits per heavy atom. The van der Waals surface area contributed by atoms with Gasteiger partial charge in [0.15, 0.2) is 47.4 Å². The summed E-state index contributed by atoms with van der Waals surface area (Å²) in [6.07, 6.45) is -0.582. The lowest BCUT2D eigenvalue weighted by Crippen LogP contribution is -2.37. The van der Waals surface area contributed by atoms with E-state index < -0.39 is 30.2 Å². The van der Waals surface area contributed by atoms with Crippen molar-refractivity contribution < 1.29 is 48.9 Å². The number of likely N-dealkylation sites (tertiary alicyclic amines) is 1. The molecule has 3 aromatic carbocycles. The minimum Gasteiger partial charge on any atom is -0.507 e. The predicted octanol–water partition coefficient (Wildman–Crippen LogP) is 3.52. The van der Waals surface area contributed by atoms with E-state index in [2.05, 4.69) is 4.90 Å². The maximum Gasteiger partial charge on any atom is 0.202 e. The highest BCUT2D eigenvalue weighted by molar-refractivity contribution is 6.05. The zero-order valence-electron chi connectivity index (χ0n) is 23.8. The largest absolute Gasteiger partial charge is 0.507 e. The third-order valence-corrected chi connectivity index (χ3v) is 8.11. The first-order valence-electron chi connectivity index (χ1n) is 14.4. The van der Waals surface area contributed by atoms with Gasteiger partial charge in [0.1, 0.15) is 29.4 Å². The first kappa shape index (κ1) is 28.9. The molecule has 0 saturated carbocycles. The van der Waals surface area contributed by atoms with Gasteiger partial charge < -0.3 is 44.1 Å². The van der Waals surface area contributed by atoms with Crippen LogP contribution in [0.2, 0.25) is 0 Å². The molecule has 0 aliphatic carbocycles. The lowest BCUT2D eigenvalue weighted by molar-refractivity contribution is -0.0130. The number of piperidine rings is 1. The third-order valence-electron chi connectivity index (χ3n) is 8.11. The number of fused-ring (bicyclic) bond motifs is 2. The van der Waals surface area contributed by atoms with Crippen LogP contribution in [0.4, 0.5) is 0 Å². The normalized spacial score (nSPS) is 23.3. The van der Waals surface area contributed by atoms with Crippen LogP contribution >= 0.6 is 0 Å². The molecule has 228 valence electrons. The van der Waals surface area contributed by atoms with E-state index in [1.54, 1.807) is 36.4 Å². The molecule has 3 aliphatic rings. The molecule has 3 heterocycles. The summed E-state index contributed by atoms with van der Waals surface area (Å²) < 4.78 is 29.5. The number of hydrogen-bond donors (Lipinski definition) is 4. The number of phenols is 2. The third kappa shape index (κ3) is 5.75. The number of carbonyl (C=O) groups is 1. The Hall–Kier alpha value is -4.19. The van der Waals surface area contributed by atoms with Gasteiger partial charge in [-0.1, -0.05) is 18.6 Å². The van der Waals surface area contributed by atoms with E-state index in [0.717, 1.165) is 19.6 Å². The molecule has 0 aromatic heterocycles. The number of Topliss-reactive ketones (excluding diaryl/α,β-unsaturated/α-hetero) is 1. The molecular weight excluding hydrogens is 558 g/mol. The fourth-order valence-corrected chi connectivity index (χ4v) is 5.83. The van der Waals surface area contributed by atoms with Crippen LogP contribution in [0.15, 0.2) is 48.5 Å². The van der Waals surface area contributed by atoms with Gasteiger partial charge in [-0.05, 0) is 55.8 Å². The fraction of sp³-hybridized carbons (Fsp3) is 0.406. The molecule has 11 nitrogen and oxygen atoms in total. The molecule has 4 N–H and O–H groups in total. The maximum atomic E-state index is 13.2. The van der Waals surface area contributed by atoms with Crippen LogP contribution < -0.4 is 23.7 Å². The number of ketones is 1. The number of aliphatic hydroxyl groups excluding tert-OH is 2. The van der Waals surface area contributed by atoms with Crippen molar-refractivity contribution in [3.05, 3.63) is 65.2 Å². The summed E-state index contributed by atoms with van der Waals surface area (Å²) in [4.78, 5) is 15.5. The maximum absolute atomic E-state index is 13.2. The van der Waals surface area contributed by atoms with Crippen molar-refractivity contribution in [3.8, 4) is 40.2 Å². The summed E-state index contributed by atoms with van der Waals surface area (Å²) in [6.45, 7) is 2.91. The molecule has 11 heteroatoms. The molecular formula is C32H35NO10. The molecule has 3 aliphatic heterocycles. The van der Waals surface area contributed by atoms with Crippen LogP contribution in [0.3, 0.4) is 0 Å². The minimum absolute atomic E-state index is 0.0406. The van der Waals surface area contributed by atoms with Gasteiger partial charge in [0.2, 0.25) is 5.78 Å². The van der Waals surface area contributed by atoms with Crippen LogP contribution in [-0.4, -0.2) is 83.3 Å². The summed E-state index contributed by atoms with van der Waals surface area (Å²) in [5.74, 6) is 0.353. The molecule has 1 saturated heterocycles. The van der Waals surface area contributed by atoms with Crippen LogP contribution in [0, 0.1) is 0 Å². The number of nitrogens with zero attached hydrogens (tertiary/aromatic N) is 1. The summed E-state index contributed by atoms with van der Waals surface area (Å²) in [6, 6.07) is 12.5. The lowest BCUT2D eigenvalue weighted by Gasteiger charge is -2.35. The molecule has 1 fully saturated rings. The minimum atomic E-state index is -1.59.